The maximum absolute atomic E-state index is 12.3. The number of H-pyrrole nitrogens is 1. The Morgan fingerprint density at radius 1 is 1.29 bits per heavy atom. The van der Waals surface area contributed by atoms with Gasteiger partial charge in [-0.2, -0.15) is 0 Å². The summed E-state index contributed by atoms with van der Waals surface area (Å²) >= 11 is 0. The normalized spacial score (nSPS) is 25.2. The second-order valence-corrected chi connectivity index (χ2v) is 7.80. The second-order valence-electron chi connectivity index (χ2n) is 6.21. The lowest BCUT2D eigenvalue weighted by Crippen LogP contribution is -2.41. The molecule has 1 aromatic rings. The summed E-state index contributed by atoms with van der Waals surface area (Å²) in [4.78, 5) is 55.9. The van der Waals surface area contributed by atoms with E-state index in [1.54, 1.807) is 0 Å². The molecular weight excluding hydrogens is 399 g/mol. The highest BCUT2D eigenvalue weighted by Gasteiger charge is 2.49. The Bertz CT molecular complexity index is 859. The van der Waals surface area contributed by atoms with Gasteiger partial charge in [-0.25, -0.2) is 4.79 Å². The molecule has 2 rings (SSSR count). The minimum Gasteiger partial charge on any atom is -0.382 e. The average molecular weight is 422 g/mol. The first-order chi connectivity index (χ1) is 13.1. The Morgan fingerprint density at radius 2 is 1.96 bits per heavy atom. The molecule has 158 valence electrons. The third-order valence-electron chi connectivity index (χ3n) is 4.28. The Balaban J connectivity index is 2.39. The topological polar surface area (TPSA) is 166 Å². The van der Waals surface area contributed by atoms with E-state index >= 15 is 0 Å². The SMILES string of the molecule is COCCO[C@@H]1[C@H](OC)[C@@H](CC(=O)P(=O)(O)O)O[C@H]1n1cc(C)c(=O)[nH]c1=O. The van der Waals surface area contributed by atoms with Crippen LogP contribution in [-0.4, -0.2) is 70.6 Å². The van der Waals surface area contributed by atoms with Gasteiger partial charge in [0, 0.05) is 32.4 Å². The van der Waals surface area contributed by atoms with Crippen LogP contribution in [0.15, 0.2) is 15.8 Å². The molecule has 28 heavy (non-hydrogen) atoms. The van der Waals surface area contributed by atoms with Gasteiger partial charge in [0.05, 0.1) is 19.3 Å². The Kier molecular flexibility index (Phi) is 7.46. The fourth-order valence-electron chi connectivity index (χ4n) is 2.89. The Labute approximate surface area is 159 Å². The van der Waals surface area contributed by atoms with E-state index in [1.165, 1.54) is 27.3 Å². The van der Waals surface area contributed by atoms with Crippen LogP contribution in [0.3, 0.4) is 0 Å². The van der Waals surface area contributed by atoms with E-state index in [0.717, 1.165) is 4.57 Å². The lowest BCUT2D eigenvalue weighted by Gasteiger charge is -2.24. The molecule has 1 aliphatic rings. The van der Waals surface area contributed by atoms with Crippen LogP contribution in [0.1, 0.15) is 18.2 Å². The number of methoxy groups -OCH3 is 2. The van der Waals surface area contributed by atoms with Crippen LogP contribution in [-0.2, 0) is 28.3 Å². The predicted molar refractivity (Wildman–Crippen MR) is 94.1 cm³/mol. The minimum atomic E-state index is -4.96. The number of hydrogen-bond donors (Lipinski definition) is 3. The van der Waals surface area contributed by atoms with Crippen molar-refractivity contribution in [2.75, 3.05) is 27.4 Å². The molecule has 1 aromatic heterocycles. The van der Waals surface area contributed by atoms with Gasteiger partial charge in [-0.1, -0.05) is 0 Å². The Morgan fingerprint density at radius 3 is 2.54 bits per heavy atom. The van der Waals surface area contributed by atoms with E-state index in [9.17, 15) is 18.9 Å². The van der Waals surface area contributed by atoms with Gasteiger partial charge in [0.25, 0.3) is 5.56 Å². The van der Waals surface area contributed by atoms with Crippen molar-refractivity contribution < 1.29 is 38.1 Å². The van der Waals surface area contributed by atoms with Crippen LogP contribution in [0.2, 0.25) is 0 Å². The highest BCUT2D eigenvalue weighted by atomic mass is 31.2. The zero-order valence-electron chi connectivity index (χ0n) is 15.6. The van der Waals surface area contributed by atoms with E-state index in [2.05, 4.69) is 4.98 Å². The molecule has 0 spiro atoms. The number of carbonyl (C=O) groups is 1. The van der Waals surface area contributed by atoms with Crippen molar-refractivity contribution in [3.63, 3.8) is 0 Å². The molecule has 1 aliphatic heterocycles. The molecule has 4 atom stereocenters. The Hall–Kier alpha value is -1.66. The second kappa shape index (κ2) is 9.23. The maximum atomic E-state index is 12.3. The van der Waals surface area contributed by atoms with E-state index in [0.29, 0.717) is 0 Å². The van der Waals surface area contributed by atoms with Gasteiger partial charge in [-0.3, -0.25) is 23.7 Å². The third kappa shape index (κ3) is 5.03. The number of nitrogens with one attached hydrogen (secondary N) is 1. The predicted octanol–water partition coefficient (Wildman–Crippen LogP) is -1.12. The number of hydrogen-bond acceptors (Lipinski definition) is 8. The van der Waals surface area contributed by atoms with Gasteiger partial charge < -0.3 is 28.7 Å². The molecule has 1 fully saturated rings. The summed E-state index contributed by atoms with van der Waals surface area (Å²) in [5.74, 6) is 0. The van der Waals surface area contributed by atoms with Crippen LogP contribution >= 0.6 is 7.60 Å². The number of nitrogens with zero attached hydrogens (tertiary/aromatic N) is 1. The molecule has 3 N–H and O–H groups in total. The molecule has 2 heterocycles. The number of rotatable bonds is 9. The third-order valence-corrected chi connectivity index (χ3v) is 5.11. The smallest absolute Gasteiger partial charge is 0.382 e. The molecule has 0 aliphatic carbocycles. The number of carbonyl (C=O) groups excluding carboxylic acids is 1. The average Bonchev–Trinajstić information content (AvgIpc) is 2.94. The monoisotopic (exact) mass is 422 g/mol. The summed E-state index contributed by atoms with van der Waals surface area (Å²) in [6.45, 7) is 1.83. The molecule has 0 aromatic carbocycles. The molecule has 0 amide bonds. The first kappa shape index (κ1) is 22.6. The van der Waals surface area contributed by atoms with Crippen molar-refractivity contribution in [3.8, 4) is 0 Å². The van der Waals surface area contributed by atoms with Crippen LogP contribution in [0.5, 0.6) is 0 Å². The molecular formula is C15H23N2O10P. The van der Waals surface area contributed by atoms with Crippen molar-refractivity contribution in [2.24, 2.45) is 0 Å². The first-order valence-corrected chi connectivity index (χ1v) is 9.91. The number of aryl methyl sites for hydroxylation is 1. The van der Waals surface area contributed by atoms with E-state index < -0.39 is 55.3 Å². The molecule has 0 unspecified atom stereocenters. The summed E-state index contributed by atoms with van der Waals surface area (Å²) in [6, 6.07) is 0. The zero-order valence-corrected chi connectivity index (χ0v) is 16.5. The maximum Gasteiger partial charge on any atom is 0.391 e. The molecule has 1 saturated heterocycles. The largest absolute Gasteiger partial charge is 0.391 e. The van der Waals surface area contributed by atoms with Crippen LogP contribution in [0, 0.1) is 6.92 Å². The summed E-state index contributed by atoms with van der Waals surface area (Å²) < 4.78 is 34.0. The van der Waals surface area contributed by atoms with Gasteiger partial charge in [0.15, 0.2) is 6.23 Å². The highest BCUT2D eigenvalue weighted by Crippen LogP contribution is 2.41. The molecule has 0 saturated carbocycles. The van der Waals surface area contributed by atoms with Gasteiger partial charge in [-0.15, -0.1) is 0 Å². The fourth-order valence-corrected chi connectivity index (χ4v) is 3.31. The number of ether oxygens (including phenoxy) is 4. The van der Waals surface area contributed by atoms with Crippen molar-refractivity contribution in [1.29, 1.82) is 0 Å². The minimum absolute atomic E-state index is 0.108. The van der Waals surface area contributed by atoms with E-state index in [-0.39, 0.29) is 18.8 Å². The van der Waals surface area contributed by atoms with Gasteiger partial charge in [0.2, 0.25) is 5.52 Å². The number of aromatic amines is 1. The van der Waals surface area contributed by atoms with Crippen molar-refractivity contribution >= 4 is 13.1 Å². The molecule has 0 bridgehead atoms. The first-order valence-electron chi connectivity index (χ1n) is 8.30. The molecule has 12 nitrogen and oxygen atoms in total. The van der Waals surface area contributed by atoms with E-state index in [1.807, 2.05) is 0 Å². The zero-order chi connectivity index (χ0) is 21.1. The fraction of sp³-hybridized carbons (Fsp3) is 0.667. The highest BCUT2D eigenvalue weighted by molar-refractivity contribution is 7.70. The lowest BCUT2D eigenvalue weighted by atomic mass is 10.1. The van der Waals surface area contributed by atoms with Gasteiger partial charge in [0.1, 0.15) is 12.2 Å². The van der Waals surface area contributed by atoms with Crippen molar-refractivity contribution in [1.82, 2.24) is 9.55 Å². The number of aromatic nitrogens is 2. The van der Waals surface area contributed by atoms with Gasteiger partial charge in [-0.05, 0) is 6.92 Å². The summed E-state index contributed by atoms with van der Waals surface area (Å²) in [5, 5.41) is 0. The summed E-state index contributed by atoms with van der Waals surface area (Å²) in [7, 11) is -2.17. The summed E-state index contributed by atoms with van der Waals surface area (Å²) in [5.41, 5.74) is -2.41. The van der Waals surface area contributed by atoms with Crippen molar-refractivity contribution in [2.45, 2.75) is 37.9 Å². The van der Waals surface area contributed by atoms with E-state index in [4.69, 9.17) is 28.7 Å². The molecule has 0 radical (unpaired) electrons. The standard InChI is InChI=1S/C15H23N2O10P/c1-8-7-17(15(20)16-13(8)19)14-12(26-5-4-24-2)11(25-3)9(27-14)6-10(18)28(21,22)23/h7,9,11-12,14H,4-6H2,1-3H3,(H,16,19,20)(H2,21,22,23)/t9-,11-,12-,14-/m1/s1. The van der Waals surface area contributed by atoms with Crippen LogP contribution in [0.25, 0.3) is 0 Å². The quantitative estimate of drug-likeness (QED) is 0.328. The lowest BCUT2D eigenvalue weighted by molar-refractivity contribution is -0.118. The van der Waals surface area contributed by atoms with Crippen molar-refractivity contribution in [3.05, 3.63) is 32.6 Å². The summed E-state index contributed by atoms with van der Waals surface area (Å²) in [6.07, 6.45) is -3.35. The van der Waals surface area contributed by atoms with Crippen LogP contribution in [0.4, 0.5) is 0 Å². The molecule has 13 heteroatoms. The van der Waals surface area contributed by atoms with Gasteiger partial charge >= 0.3 is 13.3 Å². The van der Waals surface area contributed by atoms with Crippen LogP contribution < -0.4 is 11.2 Å².